The van der Waals surface area contributed by atoms with Crippen molar-refractivity contribution >= 4 is 0 Å². The van der Waals surface area contributed by atoms with Crippen molar-refractivity contribution in [3.8, 4) is 0 Å². The van der Waals surface area contributed by atoms with Gasteiger partial charge in [-0.1, -0.05) is 20.3 Å². The summed E-state index contributed by atoms with van der Waals surface area (Å²) in [5.41, 5.74) is 0. The monoisotopic (exact) mass is 268 g/mol. The number of nitrogens with one attached hydrogen (secondary N) is 1. The largest absolute Gasteiger partial charge is 0.381 e. The van der Waals surface area contributed by atoms with E-state index in [2.05, 4.69) is 24.1 Å². The third-order valence-corrected chi connectivity index (χ3v) is 4.93. The fourth-order valence-electron chi connectivity index (χ4n) is 3.44. The van der Waals surface area contributed by atoms with E-state index in [9.17, 15) is 0 Å². The van der Waals surface area contributed by atoms with Crippen LogP contribution in [0.4, 0.5) is 0 Å². The summed E-state index contributed by atoms with van der Waals surface area (Å²) in [6, 6.07) is 0.639. The van der Waals surface area contributed by atoms with Crippen molar-refractivity contribution in [3.63, 3.8) is 0 Å². The number of ether oxygens (including phenoxy) is 1. The van der Waals surface area contributed by atoms with Gasteiger partial charge in [-0.15, -0.1) is 0 Å². The lowest BCUT2D eigenvalue weighted by molar-refractivity contribution is 0.136. The van der Waals surface area contributed by atoms with Crippen molar-refractivity contribution in [2.45, 2.75) is 52.0 Å². The van der Waals surface area contributed by atoms with Crippen LogP contribution in [-0.2, 0) is 4.74 Å². The first-order valence-corrected chi connectivity index (χ1v) is 8.37. The minimum Gasteiger partial charge on any atom is -0.381 e. The van der Waals surface area contributed by atoms with Crippen molar-refractivity contribution < 1.29 is 4.74 Å². The summed E-state index contributed by atoms with van der Waals surface area (Å²) in [7, 11) is 0. The van der Waals surface area contributed by atoms with Crippen LogP contribution in [0, 0.1) is 11.8 Å². The van der Waals surface area contributed by atoms with Gasteiger partial charge in [-0.2, -0.15) is 0 Å². The Balaban J connectivity index is 1.78. The maximum absolute atomic E-state index is 5.58. The molecule has 0 spiro atoms. The molecule has 2 fully saturated rings. The lowest BCUT2D eigenvalue weighted by Crippen LogP contribution is -2.48. The fourth-order valence-corrected chi connectivity index (χ4v) is 3.44. The number of likely N-dealkylation sites (tertiary alicyclic amines) is 1. The molecule has 112 valence electrons. The molecule has 1 N–H and O–H groups in total. The highest BCUT2D eigenvalue weighted by Gasteiger charge is 2.28. The molecule has 0 aliphatic carbocycles. The van der Waals surface area contributed by atoms with Crippen molar-refractivity contribution in [3.05, 3.63) is 0 Å². The van der Waals surface area contributed by atoms with Crippen LogP contribution in [0.15, 0.2) is 0 Å². The highest BCUT2D eigenvalue weighted by atomic mass is 16.5. The van der Waals surface area contributed by atoms with Gasteiger partial charge in [0, 0.05) is 25.1 Å². The maximum atomic E-state index is 5.58. The van der Waals surface area contributed by atoms with Gasteiger partial charge < -0.3 is 15.0 Å². The Kier molecular flexibility index (Phi) is 6.62. The molecule has 3 heteroatoms. The van der Waals surface area contributed by atoms with Crippen LogP contribution in [0.2, 0.25) is 0 Å². The molecule has 19 heavy (non-hydrogen) atoms. The van der Waals surface area contributed by atoms with Gasteiger partial charge in [-0.3, -0.25) is 0 Å². The van der Waals surface area contributed by atoms with E-state index < -0.39 is 0 Å². The zero-order valence-electron chi connectivity index (χ0n) is 12.9. The topological polar surface area (TPSA) is 24.5 Å². The summed E-state index contributed by atoms with van der Waals surface area (Å²) in [5.74, 6) is 1.71. The van der Waals surface area contributed by atoms with Gasteiger partial charge in [-0.05, 0) is 51.2 Å². The zero-order valence-corrected chi connectivity index (χ0v) is 12.9. The number of hydrogen-bond acceptors (Lipinski definition) is 3. The first-order chi connectivity index (χ1) is 9.33. The van der Waals surface area contributed by atoms with Crippen molar-refractivity contribution in [1.29, 1.82) is 0 Å². The zero-order chi connectivity index (χ0) is 13.5. The molecule has 2 heterocycles. The molecular weight excluding hydrogens is 236 g/mol. The SMILES string of the molecule is CCCNC(CN1CCC(CC)CC1)C1CCOC1. The second kappa shape index (κ2) is 8.23. The van der Waals surface area contributed by atoms with Crippen molar-refractivity contribution in [2.75, 3.05) is 39.4 Å². The van der Waals surface area contributed by atoms with E-state index in [1.165, 1.54) is 51.7 Å². The third-order valence-electron chi connectivity index (χ3n) is 4.93. The summed E-state index contributed by atoms with van der Waals surface area (Å²) < 4.78 is 5.58. The first-order valence-electron chi connectivity index (χ1n) is 8.37. The number of rotatable bonds is 7. The predicted molar refractivity (Wildman–Crippen MR) is 80.5 cm³/mol. The van der Waals surface area contributed by atoms with Crippen LogP contribution >= 0.6 is 0 Å². The third kappa shape index (κ3) is 4.73. The Bertz CT molecular complexity index is 233. The summed E-state index contributed by atoms with van der Waals surface area (Å²) in [5, 5.41) is 3.76. The molecule has 2 saturated heterocycles. The van der Waals surface area contributed by atoms with E-state index in [-0.39, 0.29) is 0 Å². The molecular formula is C16H32N2O. The quantitative estimate of drug-likeness (QED) is 0.768. The molecule has 0 amide bonds. The van der Waals surface area contributed by atoms with Gasteiger partial charge in [0.2, 0.25) is 0 Å². The van der Waals surface area contributed by atoms with Crippen LogP contribution in [0.25, 0.3) is 0 Å². The molecule has 0 radical (unpaired) electrons. The van der Waals surface area contributed by atoms with Gasteiger partial charge in [0.15, 0.2) is 0 Å². The summed E-state index contributed by atoms with van der Waals surface area (Å²) in [6.45, 7) is 11.5. The number of nitrogens with zero attached hydrogens (tertiary/aromatic N) is 1. The predicted octanol–water partition coefficient (Wildman–Crippen LogP) is 2.51. The minimum absolute atomic E-state index is 0.639. The fraction of sp³-hybridized carbons (Fsp3) is 1.00. The lowest BCUT2D eigenvalue weighted by atomic mass is 9.92. The maximum Gasteiger partial charge on any atom is 0.0510 e. The molecule has 2 atom stereocenters. The highest BCUT2D eigenvalue weighted by Crippen LogP contribution is 2.22. The van der Waals surface area contributed by atoms with Crippen LogP contribution < -0.4 is 5.32 Å². The molecule has 3 nitrogen and oxygen atoms in total. The van der Waals surface area contributed by atoms with Crippen molar-refractivity contribution in [1.82, 2.24) is 10.2 Å². The Hall–Kier alpha value is -0.120. The molecule has 0 aromatic heterocycles. The van der Waals surface area contributed by atoms with Crippen LogP contribution in [0.5, 0.6) is 0 Å². The molecule has 0 bridgehead atoms. The molecule has 2 aliphatic rings. The summed E-state index contributed by atoms with van der Waals surface area (Å²) in [6.07, 6.45) is 6.63. The molecule has 0 aromatic carbocycles. The Morgan fingerprint density at radius 2 is 2.00 bits per heavy atom. The lowest BCUT2D eigenvalue weighted by Gasteiger charge is -2.35. The molecule has 2 rings (SSSR count). The molecule has 2 aliphatic heterocycles. The smallest absolute Gasteiger partial charge is 0.0510 e. The average molecular weight is 268 g/mol. The second-order valence-electron chi connectivity index (χ2n) is 6.34. The van der Waals surface area contributed by atoms with E-state index in [0.29, 0.717) is 6.04 Å². The van der Waals surface area contributed by atoms with E-state index in [1.807, 2.05) is 0 Å². The van der Waals surface area contributed by atoms with E-state index in [1.54, 1.807) is 0 Å². The van der Waals surface area contributed by atoms with Gasteiger partial charge in [-0.25, -0.2) is 0 Å². The van der Waals surface area contributed by atoms with Gasteiger partial charge >= 0.3 is 0 Å². The standard InChI is InChI=1S/C16H32N2O/c1-3-8-17-16(15-7-11-19-13-15)12-18-9-5-14(4-2)6-10-18/h14-17H,3-13H2,1-2H3. The Labute approximate surface area is 119 Å². The molecule has 0 saturated carbocycles. The van der Waals surface area contributed by atoms with Gasteiger partial charge in [0.1, 0.15) is 0 Å². The average Bonchev–Trinajstić information content (AvgIpc) is 2.98. The summed E-state index contributed by atoms with van der Waals surface area (Å²) in [4.78, 5) is 2.68. The Morgan fingerprint density at radius 1 is 1.21 bits per heavy atom. The van der Waals surface area contributed by atoms with Crippen LogP contribution in [-0.4, -0.2) is 50.3 Å². The van der Waals surface area contributed by atoms with E-state index in [0.717, 1.165) is 31.6 Å². The normalized spacial score (nSPS) is 27.8. The molecule has 2 unspecified atom stereocenters. The number of piperidine rings is 1. The van der Waals surface area contributed by atoms with Crippen molar-refractivity contribution in [2.24, 2.45) is 11.8 Å². The first kappa shape index (κ1) is 15.3. The minimum atomic E-state index is 0.639. The van der Waals surface area contributed by atoms with Crippen LogP contribution in [0.3, 0.4) is 0 Å². The Morgan fingerprint density at radius 3 is 2.58 bits per heavy atom. The van der Waals surface area contributed by atoms with Gasteiger partial charge in [0.05, 0.1) is 6.61 Å². The van der Waals surface area contributed by atoms with E-state index >= 15 is 0 Å². The number of hydrogen-bond donors (Lipinski definition) is 1. The molecule has 0 aromatic rings. The van der Waals surface area contributed by atoms with Gasteiger partial charge in [0.25, 0.3) is 0 Å². The van der Waals surface area contributed by atoms with Crippen LogP contribution in [0.1, 0.15) is 46.0 Å². The summed E-state index contributed by atoms with van der Waals surface area (Å²) >= 11 is 0. The highest BCUT2D eigenvalue weighted by molar-refractivity contribution is 4.84. The van der Waals surface area contributed by atoms with E-state index in [4.69, 9.17) is 4.74 Å². The second-order valence-corrected chi connectivity index (χ2v) is 6.34.